The van der Waals surface area contributed by atoms with E-state index in [4.69, 9.17) is 5.73 Å². The molecule has 0 fully saturated rings. The van der Waals surface area contributed by atoms with E-state index in [1.807, 2.05) is 30.3 Å². The lowest BCUT2D eigenvalue weighted by atomic mass is 10.1. The fourth-order valence-electron chi connectivity index (χ4n) is 2.45. The van der Waals surface area contributed by atoms with Crippen LogP contribution in [0.25, 0.3) is 0 Å². The SMILES string of the molecule is NCCN(CCc1ccccc1)C(=O)Cc1ccc([N+](=O)[O-])cc1. The van der Waals surface area contributed by atoms with Crippen molar-refractivity contribution < 1.29 is 9.72 Å². The minimum Gasteiger partial charge on any atom is -0.341 e. The molecule has 2 N–H and O–H groups in total. The Kier molecular flexibility index (Phi) is 6.45. The van der Waals surface area contributed by atoms with Gasteiger partial charge in [0.2, 0.25) is 5.91 Å². The Morgan fingerprint density at radius 1 is 1.00 bits per heavy atom. The molecule has 24 heavy (non-hydrogen) atoms. The minimum absolute atomic E-state index is 0.0223. The van der Waals surface area contributed by atoms with Gasteiger partial charge in [-0.05, 0) is 17.5 Å². The Hall–Kier alpha value is -2.73. The van der Waals surface area contributed by atoms with Gasteiger partial charge in [-0.15, -0.1) is 0 Å². The zero-order valence-electron chi connectivity index (χ0n) is 13.4. The lowest BCUT2D eigenvalue weighted by Crippen LogP contribution is -2.37. The lowest BCUT2D eigenvalue weighted by Gasteiger charge is -2.22. The van der Waals surface area contributed by atoms with Crippen LogP contribution in [0.15, 0.2) is 54.6 Å². The van der Waals surface area contributed by atoms with Gasteiger partial charge in [0.1, 0.15) is 0 Å². The van der Waals surface area contributed by atoms with Gasteiger partial charge in [-0.2, -0.15) is 0 Å². The van der Waals surface area contributed by atoms with Gasteiger partial charge in [0.15, 0.2) is 0 Å². The highest BCUT2D eigenvalue weighted by molar-refractivity contribution is 5.78. The van der Waals surface area contributed by atoms with Crippen LogP contribution < -0.4 is 5.73 Å². The van der Waals surface area contributed by atoms with E-state index in [1.165, 1.54) is 17.7 Å². The second-order valence-corrected chi connectivity index (χ2v) is 5.51. The summed E-state index contributed by atoms with van der Waals surface area (Å²) in [5, 5.41) is 10.7. The van der Waals surface area contributed by atoms with Crippen LogP contribution in [0.4, 0.5) is 5.69 Å². The van der Waals surface area contributed by atoms with E-state index >= 15 is 0 Å². The summed E-state index contributed by atoms with van der Waals surface area (Å²) in [7, 11) is 0. The van der Waals surface area contributed by atoms with Gasteiger partial charge in [0.05, 0.1) is 11.3 Å². The first-order valence-electron chi connectivity index (χ1n) is 7.85. The van der Waals surface area contributed by atoms with E-state index in [0.717, 1.165) is 12.0 Å². The van der Waals surface area contributed by atoms with E-state index in [9.17, 15) is 14.9 Å². The molecule has 0 aliphatic carbocycles. The number of nitro benzene ring substituents is 1. The number of carbonyl (C=O) groups excluding carboxylic acids is 1. The minimum atomic E-state index is -0.452. The van der Waals surface area contributed by atoms with E-state index in [1.54, 1.807) is 17.0 Å². The maximum Gasteiger partial charge on any atom is 0.269 e. The molecule has 0 heterocycles. The second-order valence-electron chi connectivity index (χ2n) is 5.51. The van der Waals surface area contributed by atoms with Crippen molar-refractivity contribution in [2.45, 2.75) is 12.8 Å². The van der Waals surface area contributed by atoms with Crippen LogP contribution >= 0.6 is 0 Å². The molecule has 6 heteroatoms. The lowest BCUT2D eigenvalue weighted by molar-refractivity contribution is -0.384. The van der Waals surface area contributed by atoms with Crippen LogP contribution in [-0.2, 0) is 17.6 Å². The molecule has 0 saturated heterocycles. The molecular weight excluding hydrogens is 306 g/mol. The van der Waals surface area contributed by atoms with E-state index in [-0.39, 0.29) is 18.0 Å². The van der Waals surface area contributed by atoms with E-state index in [2.05, 4.69) is 0 Å². The quantitative estimate of drug-likeness (QED) is 0.594. The molecule has 126 valence electrons. The maximum absolute atomic E-state index is 12.5. The molecule has 0 aliphatic heterocycles. The predicted molar refractivity (Wildman–Crippen MR) is 92.6 cm³/mol. The largest absolute Gasteiger partial charge is 0.341 e. The van der Waals surface area contributed by atoms with Crippen molar-refractivity contribution in [3.63, 3.8) is 0 Å². The Balaban J connectivity index is 1.96. The number of nitrogens with two attached hydrogens (primary N) is 1. The number of rotatable bonds is 8. The molecule has 0 spiro atoms. The average Bonchev–Trinajstić information content (AvgIpc) is 2.60. The first-order chi connectivity index (χ1) is 11.6. The zero-order chi connectivity index (χ0) is 17.4. The second kappa shape index (κ2) is 8.79. The molecule has 0 bridgehead atoms. The molecule has 2 aromatic rings. The van der Waals surface area contributed by atoms with Crippen LogP contribution in [-0.4, -0.2) is 35.4 Å². The van der Waals surface area contributed by atoms with Crippen LogP contribution in [0.5, 0.6) is 0 Å². The van der Waals surface area contributed by atoms with Gasteiger partial charge in [-0.25, -0.2) is 0 Å². The molecule has 1 amide bonds. The Morgan fingerprint density at radius 3 is 2.25 bits per heavy atom. The summed E-state index contributed by atoms with van der Waals surface area (Å²) in [6.45, 7) is 1.51. The Bertz CT molecular complexity index is 672. The highest BCUT2D eigenvalue weighted by Crippen LogP contribution is 2.13. The molecule has 6 nitrogen and oxygen atoms in total. The summed E-state index contributed by atoms with van der Waals surface area (Å²) >= 11 is 0. The Labute approximate surface area is 141 Å². The predicted octanol–water partition coefficient (Wildman–Crippen LogP) is 2.17. The van der Waals surface area contributed by atoms with E-state index in [0.29, 0.717) is 19.6 Å². The fourth-order valence-corrected chi connectivity index (χ4v) is 2.45. The first kappa shape index (κ1) is 17.6. The van der Waals surface area contributed by atoms with Crippen molar-refractivity contribution in [1.82, 2.24) is 4.90 Å². The summed E-state index contributed by atoms with van der Waals surface area (Å²) in [5.41, 5.74) is 7.56. The van der Waals surface area contributed by atoms with Gasteiger partial charge >= 0.3 is 0 Å². The number of amides is 1. The van der Waals surface area contributed by atoms with Gasteiger partial charge in [0, 0.05) is 31.8 Å². The number of hydrogen-bond acceptors (Lipinski definition) is 4. The first-order valence-corrected chi connectivity index (χ1v) is 7.85. The van der Waals surface area contributed by atoms with Crippen molar-refractivity contribution in [3.05, 3.63) is 75.8 Å². The average molecular weight is 327 g/mol. The summed E-state index contributed by atoms with van der Waals surface area (Å²) in [4.78, 5) is 24.4. The third-order valence-electron chi connectivity index (χ3n) is 3.77. The van der Waals surface area contributed by atoms with Crippen molar-refractivity contribution in [3.8, 4) is 0 Å². The van der Waals surface area contributed by atoms with Crippen LogP contribution in [0.3, 0.4) is 0 Å². The fraction of sp³-hybridized carbons (Fsp3) is 0.278. The monoisotopic (exact) mass is 327 g/mol. The smallest absolute Gasteiger partial charge is 0.269 e. The summed E-state index contributed by atoms with van der Waals surface area (Å²) in [6, 6.07) is 16.0. The van der Waals surface area contributed by atoms with Gasteiger partial charge < -0.3 is 10.6 Å². The zero-order valence-corrected chi connectivity index (χ0v) is 13.4. The highest BCUT2D eigenvalue weighted by atomic mass is 16.6. The Morgan fingerprint density at radius 2 is 1.67 bits per heavy atom. The molecule has 0 aliphatic rings. The number of non-ortho nitro benzene ring substituents is 1. The normalized spacial score (nSPS) is 10.4. The van der Waals surface area contributed by atoms with Gasteiger partial charge in [-0.3, -0.25) is 14.9 Å². The number of nitrogens with zero attached hydrogens (tertiary/aromatic N) is 2. The van der Waals surface area contributed by atoms with Gasteiger partial charge in [0.25, 0.3) is 5.69 Å². The number of benzene rings is 2. The topological polar surface area (TPSA) is 89.5 Å². The van der Waals surface area contributed by atoms with Crippen LogP contribution in [0, 0.1) is 10.1 Å². The molecule has 0 radical (unpaired) electrons. The molecule has 2 aromatic carbocycles. The van der Waals surface area contributed by atoms with Crippen molar-refractivity contribution in [2.75, 3.05) is 19.6 Å². The molecule has 0 aromatic heterocycles. The maximum atomic E-state index is 12.5. The van der Waals surface area contributed by atoms with Crippen LogP contribution in [0.1, 0.15) is 11.1 Å². The number of hydrogen-bond donors (Lipinski definition) is 1. The number of nitro groups is 1. The van der Waals surface area contributed by atoms with Crippen molar-refractivity contribution in [1.29, 1.82) is 0 Å². The molecule has 0 unspecified atom stereocenters. The third-order valence-corrected chi connectivity index (χ3v) is 3.77. The van der Waals surface area contributed by atoms with Gasteiger partial charge in [-0.1, -0.05) is 42.5 Å². The highest BCUT2D eigenvalue weighted by Gasteiger charge is 2.14. The van der Waals surface area contributed by atoms with Crippen molar-refractivity contribution >= 4 is 11.6 Å². The van der Waals surface area contributed by atoms with Crippen LogP contribution in [0.2, 0.25) is 0 Å². The molecule has 0 atom stereocenters. The summed E-state index contributed by atoms with van der Waals surface area (Å²) < 4.78 is 0. The third kappa shape index (κ3) is 5.17. The number of carbonyl (C=O) groups is 1. The summed E-state index contributed by atoms with van der Waals surface area (Å²) in [6.07, 6.45) is 0.986. The van der Waals surface area contributed by atoms with E-state index < -0.39 is 4.92 Å². The van der Waals surface area contributed by atoms with Crippen molar-refractivity contribution in [2.24, 2.45) is 5.73 Å². The summed E-state index contributed by atoms with van der Waals surface area (Å²) in [5.74, 6) is -0.0229. The molecular formula is C18H21N3O3. The molecule has 2 rings (SSSR count). The molecule has 0 saturated carbocycles. The standard InChI is InChI=1S/C18H21N3O3/c19-11-13-20(12-10-15-4-2-1-3-5-15)18(22)14-16-6-8-17(9-7-16)21(23)24/h1-9H,10-14,19H2.